The lowest BCUT2D eigenvalue weighted by atomic mass is 10.3. The van der Waals surface area contributed by atoms with Crippen molar-refractivity contribution in [2.75, 3.05) is 5.32 Å². The Morgan fingerprint density at radius 1 is 1.26 bits per heavy atom. The molecule has 100 valence electrons. The topological polar surface area (TPSA) is 73.1 Å². The van der Waals surface area contributed by atoms with E-state index in [2.05, 4.69) is 15.3 Å². The van der Waals surface area contributed by atoms with Crippen LogP contribution < -0.4 is 15.8 Å². The summed E-state index contributed by atoms with van der Waals surface area (Å²) in [4.78, 5) is 8.37. The molecule has 0 aliphatic heterocycles. The monoisotopic (exact) mass is 258 g/mol. The van der Waals surface area contributed by atoms with Crippen LogP contribution in [0, 0.1) is 0 Å². The summed E-state index contributed by atoms with van der Waals surface area (Å²) in [5.41, 5.74) is 6.40. The summed E-state index contributed by atoms with van der Waals surface area (Å²) in [5.74, 6) is 2.10. The van der Waals surface area contributed by atoms with Crippen LogP contribution in [0.2, 0.25) is 0 Å². The van der Waals surface area contributed by atoms with Crippen LogP contribution >= 0.6 is 0 Å². The van der Waals surface area contributed by atoms with E-state index in [4.69, 9.17) is 10.5 Å². The molecule has 1 aromatic carbocycles. The molecule has 0 fully saturated rings. The van der Waals surface area contributed by atoms with E-state index in [0.29, 0.717) is 18.2 Å². The van der Waals surface area contributed by atoms with Crippen LogP contribution in [0.1, 0.15) is 19.7 Å². The molecule has 0 amide bonds. The zero-order valence-electron chi connectivity index (χ0n) is 11.1. The number of rotatable bonds is 5. The van der Waals surface area contributed by atoms with Gasteiger partial charge in [-0.25, -0.2) is 9.97 Å². The minimum absolute atomic E-state index is 0.118. The summed E-state index contributed by atoms with van der Waals surface area (Å²) in [6.07, 6.45) is 1.80. The van der Waals surface area contributed by atoms with Gasteiger partial charge in [-0.05, 0) is 32.0 Å². The second kappa shape index (κ2) is 6.15. The Balaban J connectivity index is 2.22. The Morgan fingerprint density at radius 2 is 2.05 bits per heavy atom. The number of ether oxygens (including phenoxy) is 1. The minimum atomic E-state index is 0.118. The molecular formula is C14H18N4O. The third kappa shape index (κ3) is 3.66. The van der Waals surface area contributed by atoms with Gasteiger partial charge < -0.3 is 15.8 Å². The van der Waals surface area contributed by atoms with E-state index in [-0.39, 0.29) is 6.10 Å². The van der Waals surface area contributed by atoms with Gasteiger partial charge in [-0.2, -0.15) is 0 Å². The summed E-state index contributed by atoms with van der Waals surface area (Å²) in [6, 6.07) is 9.55. The smallest absolute Gasteiger partial charge is 0.144 e. The van der Waals surface area contributed by atoms with Gasteiger partial charge in [0.1, 0.15) is 17.4 Å². The predicted octanol–water partition coefficient (Wildman–Crippen LogP) is 2.47. The number of hydrogen-bond acceptors (Lipinski definition) is 5. The van der Waals surface area contributed by atoms with Crippen LogP contribution in [0.25, 0.3) is 0 Å². The molecule has 1 aromatic heterocycles. The summed E-state index contributed by atoms with van der Waals surface area (Å²) >= 11 is 0. The predicted molar refractivity (Wildman–Crippen MR) is 75.4 cm³/mol. The molecule has 2 rings (SSSR count). The molecule has 2 aromatic rings. The van der Waals surface area contributed by atoms with Crippen molar-refractivity contribution in [1.82, 2.24) is 9.97 Å². The molecule has 19 heavy (non-hydrogen) atoms. The van der Waals surface area contributed by atoms with Crippen LogP contribution in [0.15, 0.2) is 36.5 Å². The van der Waals surface area contributed by atoms with Crippen LogP contribution in [-0.4, -0.2) is 16.1 Å². The highest BCUT2D eigenvalue weighted by Gasteiger charge is 2.06. The summed E-state index contributed by atoms with van der Waals surface area (Å²) in [5, 5.41) is 3.22. The van der Waals surface area contributed by atoms with Crippen LogP contribution in [-0.2, 0) is 6.54 Å². The van der Waals surface area contributed by atoms with Gasteiger partial charge in [0, 0.05) is 6.20 Å². The van der Waals surface area contributed by atoms with Gasteiger partial charge >= 0.3 is 0 Å². The third-order valence-corrected chi connectivity index (χ3v) is 2.40. The van der Waals surface area contributed by atoms with Gasteiger partial charge in [0.15, 0.2) is 0 Å². The standard InChI is InChI=1S/C14H18N4O/c1-10(2)19-12-6-4-3-5-11(12)17-13-7-8-16-14(9-15)18-13/h3-8,10H,9,15H2,1-2H3,(H,16,17,18). The average Bonchev–Trinajstić information content (AvgIpc) is 2.41. The maximum Gasteiger partial charge on any atom is 0.144 e. The van der Waals surface area contributed by atoms with Crippen molar-refractivity contribution in [1.29, 1.82) is 0 Å². The molecule has 0 radical (unpaired) electrons. The van der Waals surface area contributed by atoms with Crippen molar-refractivity contribution in [3.8, 4) is 5.75 Å². The van der Waals surface area contributed by atoms with E-state index in [9.17, 15) is 0 Å². The van der Waals surface area contributed by atoms with E-state index in [1.807, 2.05) is 38.1 Å². The molecule has 3 N–H and O–H groups in total. The number of hydrogen-bond donors (Lipinski definition) is 2. The second-order valence-corrected chi connectivity index (χ2v) is 4.35. The van der Waals surface area contributed by atoms with Gasteiger partial charge in [0.2, 0.25) is 0 Å². The average molecular weight is 258 g/mol. The first-order chi connectivity index (χ1) is 9.19. The second-order valence-electron chi connectivity index (χ2n) is 4.35. The van der Waals surface area contributed by atoms with Crippen LogP contribution in [0.3, 0.4) is 0 Å². The summed E-state index contributed by atoms with van der Waals surface area (Å²) in [6.45, 7) is 4.31. The first-order valence-electron chi connectivity index (χ1n) is 6.23. The van der Waals surface area contributed by atoms with Gasteiger partial charge in [0.05, 0.1) is 18.3 Å². The molecule has 5 nitrogen and oxygen atoms in total. The maximum atomic E-state index is 5.74. The van der Waals surface area contributed by atoms with Crippen molar-refractivity contribution >= 4 is 11.5 Å². The van der Waals surface area contributed by atoms with Crippen molar-refractivity contribution in [2.45, 2.75) is 26.5 Å². The van der Waals surface area contributed by atoms with Crippen LogP contribution in [0.5, 0.6) is 5.75 Å². The lowest BCUT2D eigenvalue weighted by Gasteiger charge is -2.15. The number of anilines is 2. The molecule has 0 atom stereocenters. The molecular weight excluding hydrogens is 240 g/mol. The Kier molecular flexibility index (Phi) is 4.30. The fraction of sp³-hybridized carbons (Fsp3) is 0.286. The highest BCUT2D eigenvalue weighted by atomic mass is 16.5. The van der Waals surface area contributed by atoms with Crippen molar-refractivity contribution in [3.05, 3.63) is 42.4 Å². The number of benzene rings is 1. The van der Waals surface area contributed by atoms with Gasteiger partial charge in [-0.1, -0.05) is 12.1 Å². The number of aromatic nitrogens is 2. The zero-order chi connectivity index (χ0) is 13.7. The first kappa shape index (κ1) is 13.3. The largest absolute Gasteiger partial charge is 0.489 e. The molecule has 5 heteroatoms. The normalized spacial score (nSPS) is 10.5. The van der Waals surface area contributed by atoms with E-state index in [1.54, 1.807) is 12.3 Å². The van der Waals surface area contributed by atoms with Gasteiger partial charge in [-0.3, -0.25) is 0 Å². The third-order valence-electron chi connectivity index (χ3n) is 2.40. The summed E-state index contributed by atoms with van der Waals surface area (Å²) < 4.78 is 5.74. The van der Waals surface area contributed by atoms with Crippen molar-refractivity contribution in [2.24, 2.45) is 5.73 Å². The number of nitrogens with zero attached hydrogens (tertiary/aromatic N) is 2. The van der Waals surface area contributed by atoms with E-state index in [1.165, 1.54) is 0 Å². The molecule has 0 unspecified atom stereocenters. The van der Waals surface area contributed by atoms with Gasteiger partial charge in [0.25, 0.3) is 0 Å². The highest BCUT2D eigenvalue weighted by molar-refractivity contribution is 5.63. The van der Waals surface area contributed by atoms with Gasteiger partial charge in [-0.15, -0.1) is 0 Å². The summed E-state index contributed by atoms with van der Waals surface area (Å²) in [7, 11) is 0. The molecule has 0 bridgehead atoms. The Labute approximate surface area is 112 Å². The lowest BCUT2D eigenvalue weighted by Crippen LogP contribution is -2.08. The number of nitrogens with one attached hydrogen (secondary N) is 1. The lowest BCUT2D eigenvalue weighted by molar-refractivity contribution is 0.244. The minimum Gasteiger partial charge on any atom is -0.489 e. The quantitative estimate of drug-likeness (QED) is 0.861. The number of para-hydroxylation sites is 2. The van der Waals surface area contributed by atoms with E-state index in [0.717, 1.165) is 11.4 Å². The zero-order valence-corrected chi connectivity index (χ0v) is 11.1. The van der Waals surface area contributed by atoms with E-state index >= 15 is 0 Å². The molecule has 0 saturated heterocycles. The molecule has 1 heterocycles. The fourth-order valence-corrected chi connectivity index (χ4v) is 1.63. The number of nitrogens with two attached hydrogens (primary N) is 1. The highest BCUT2D eigenvalue weighted by Crippen LogP contribution is 2.27. The SMILES string of the molecule is CC(C)Oc1ccccc1Nc1ccnc(CN)n1. The molecule has 0 saturated carbocycles. The maximum absolute atomic E-state index is 5.74. The Hall–Kier alpha value is -2.14. The molecule has 0 aliphatic carbocycles. The first-order valence-corrected chi connectivity index (χ1v) is 6.23. The Morgan fingerprint density at radius 3 is 2.79 bits per heavy atom. The fourth-order valence-electron chi connectivity index (χ4n) is 1.63. The van der Waals surface area contributed by atoms with Crippen molar-refractivity contribution in [3.63, 3.8) is 0 Å². The van der Waals surface area contributed by atoms with Crippen LogP contribution in [0.4, 0.5) is 11.5 Å². The molecule has 0 spiro atoms. The molecule has 0 aliphatic rings. The van der Waals surface area contributed by atoms with E-state index < -0.39 is 0 Å². The van der Waals surface area contributed by atoms with Crippen molar-refractivity contribution < 1.29 is 4.74 Å². The Bertz CT molecular complexity index is 542.